The van der Waals surface area contributed by atoms with Crippen molar-refractivity contribution in [1.29, 1.82) is 0 Å². The minimum Gasteiger partial charge on any atom is -0.384 e. The molecule has 112 valence electrons. The van der Waals surface area contributed by atoms with E-state index in [0.717, 1.165) is 29.2 Å². The topological polar surface area (TPSA) is 71.1 Å². The zero-order chi connectivity index (χ0) is 15.1. The molecule has 0 radical (unpaired) electrons. The number of hydrogen-bond acceptors (Lipinski definition) is 5. The molecule has 0 saturated carbocycles. The summed E-state index contributed by atoms with van der Waals surface area (Å²) in [6.45, 7) is 4.49. The Morgan fingerprint density at radius 3 is 2.90 bits per heavy atom. The van der Waals surface area contributed by atoms with E-state index in [1.807, 2.05) is 25.3 Å². The number of hydrogen-bond donors (Lipinski definition) is 2. The van der Waals surface area contributed by atoms with Crippen LogP contribution in [0, 0.1) is 0 Å². The molecule has 0 atom stereocenters. The van der Waals surface area contributed by atoms with Crippen LogP contribution in [-0.4, -0.2) is 19.9 Å². The number of thiazole rings is 1. The summed E-state index contributed by atoms with van der Waals surface area (Å²) < 4.78 is 27.9. The third-order valence-corrected chi connectivity index (χ3v) is 6.21. The first kappa shape index (κ1) is 14.5. The van der Waals surface area contributed by atoms with Crippen LogP contribution in [0.2, 0.25) is 0 Å². The van der Waals surface area contributed by atoms with Crippen LogP contribution in [0.1, 0.15) is 24.4 Å². The highest BCUT2D eigenvalue weighted by molar-refractivity contribution is 7.89. The van der Waals surface area contributed by atoms with Crippen LogP contribution in [-0.2, 0) is 22.0 Å². The average molecular weight is 323 g/mol. The maximum Gasteiger partial charge on any atom is 0.241 e. The molecule has 0 unspecified atom stereocenters. The summed E-state index contributed by atoms with van der Waals surface area (Å²) >= 11 is 1.44. The lowest BCUT2D eigenvalue weighted by molar-refractivity contribution is 0.470. The molecule has 1 aliphatic rings. The molecule has 2 N–H and O–H groups in total. The minimum absolute atomic E-state index is 0.278. The first-order valence-corrected chi connectivity index (χ1v) is 9.05. The van der Waals surface area contributed by atoms with Gasteiger partial charge in [-0.15, -0.1) is 11.3 Å². The molecule has 1 aliphatic heterocycles. The molecule has 2 heterocycles. The molecule has 0 aliphatic carbocycles. The maximum atomic E-state index is 12.6. The van der Waals surface area contributed by atoms with Gasteiger partial charge in [-0.25, -0.2) is 13.4 Å². The minimum atomic E-state index is -3.59. The van der Waals surface area contributed by atoms with Crippen LogP contribution in [0.5, 0.6) is 0 Å². The van der Waals surface area contributed by atoms with Gasteiger partial charge in [-0.1, -0.05) is 6.07 Å². The molecule has 5 nitrogen and oxygen atoms in total. The number of nitrogens with zero attached hydrogens (tertiary/aromatic N) is 1. The van der Waals surface area contributed by atoms with Gasteiger partial charge in [-0.3, -0.25) is 0 Å². The predicted molar refractivity (Wildman–Crippen MR) is 84.1 cm³/mol. The lowest BCUT2D eigenvalue weighted by Crippen LogP contribution is -2.40. The highest BCUT2D eigenvalue weighted by Crippen LogP contribution is 2.28. The quantitative estimate of drug-likeness (QED) is 0.906. The van der Waals surface area contributed by atoms with Crippen molar-refractivity contribution in [2.24, 2.45) is 0 Å². The smallest absolute Gasteiger partial charge is 0.241 e. The van der Waals surface area contributed by atoms with E-state index >= 15 is 0 Å². The zero-order valence-corrected chi connectivity index (χ0v) is 13.5. The lowest BCUT2D eigenvalue weighted by atomic mass is 10.1. The van der Waals surface area contributed by atoms with Crippen LogP contribution >= 0.6 is 11.3 Å². The van der Waals surface area contributed by atoms with Crippen LogP contribution in [0.4, 0.5) is 5.69 Å². The van der Waals surface area contributed by atoms with Crippen molar-refractivity contribution in [3.05, 3.63) is 40.3 Å². The number of benzene rings is 1. The van der Waals surface area contributed by atoms with Gasteiger partial charge in [0.05, 0.1) is 10.4 Å². The molecular formula is C14H17N3O2S2. The molecule has 1 aromatic heterocycles. The number of anilines is 1. The summed E-state index contributed by atoms with van der Waals surface area (Å²) in [6, 6.07) is 5.23. The van der Waals surface area contributed by atoms with Gasteiger partial charge in [0.15, 0.2) is 0 Å². The molecular weight excluding hydrogens is 306 g/mol. The van der Waals surface area contributed by atoms with Crippen LogP contribution in [0.15, 0.2) is 34.7 Å². The molecule has 0 fully saturated rings. The third kappa shape index (κ3) is 2.81. The Kier molecular flexibility index (Phi) is 3.51. The van der Waals surface area contributed by atoms with E-state index in [1.54, 1.807) is 18.3 Å². The molecule has 0 spiro atoms. The fourth-order valence-corrected chi connectivity index (χ4v) is 4.60. The van der Waals surface area contributed by atoms with Gasteiger partial charge in [0.25, 0.3) is 0 Å². The number of rotatable bonds is 4. The molecule has 1 aromatic carbocycles. The van der Waals surface area contributed by atoms with Crippen molar-refractivity contribution in [2.45, 2.75) is 30.7 Å². The number of aromatic nitrogens is 1. The van der Waals surface area contributed by atoms with Crippen LogP contribution in [0.3, 0.4) is 0 Å². The van der Waals surface area contributed by atoms with E-state index in [1.165, 1.54) is 11.3 Å². The van der Waals surface area contributed by atoms with E-state index in [4.69, 9.17) is 0 Å². The summed E-state index contributed by atoms with van der Waals surface area (Å²) in [5.41, 5.74) is 1.33. The molecule has 0 amide bonds. The fourth-order valence-electron chi connectivity index (χ4n) is 2.41. The van der Waals surface area contributed by atoms with Gasteiger partial charge in [-0.05, 0) is 38.0 Å². The summed E-state index contributed by atoms with van der Waals surface area (Å²) in [5, 5.41) is 5.78. The van der Waals surface area contributed by atoms with Gasteiger partial charge in [-0.2, -0.15) is 4.72 Å². The Morgan fingerprint density at radius 1 is 1.38 bits per heavy atom. The van der Waals surface area contributed by atoms with Gasteiger partial charge in [0, 0.05) is 23.8 Å². The van der Waals surface area contributed by atoms with Gasteiger partial charge in [0.2, 0.25) is 10.0 Å². The molecule has 0 saturated heterocycles. The molecule has 7 heteroatoms. The number of fused-ring (bicyclic) bond motifs is 1. The summed E-state index contributed by atoms with van der Waals surface area (Å²) in [6.07, 6.45) is 2.61. The summed E-state index contributed by atoms with van der Waals surface area (Å²) in [4.78, 5) is 4.48. The summed E-state index contributed by atoms with van der Waals surface area (Å²) in [7, 11) is -3.59. The van der Waals surface area contributed by atoms with Crippen molar-refractivity contribution in [3.63, 3.8) is 0 Å². The van der Waals surface area contributed by atoms with Crippen molar-refractivity contribution in [1.82, 2.24) is 9.71 Å². The standard InChI is InChI=1S/C14H17N3O2S2/c1-14(2,13-16-7-8-20-13)17-21(18,19)11-4-3-10-5-6-15-12(10)9-11/h3-4,7-9,15,17H,5-6H2,1-2H3. The summed E-state index contributed by atoms with van der Waals surface area (Å²) in [5.74, 6) is 0. The van der Waals surface area contributed by atoms with Crippen LogP contribution < -0.4 is 10.0 Å². The van der Waals surface area contributed by atoms with E-state index < -0.39 is 15.6 Å². The Labute approximate surface area is 128 Å². The normalized spacial score (nSPS) is 14.8. The second kappa shape index (κ2) is 5.08. The van der Waals surface area contributed by atoms with E-state index in [-0.39, 0.29) is 4.90 Å². The SMILES string of the molecule is CC(C)(NS(=O)(=O)c1ccc2c(c1)NCC2)c1nccs1. The van der Waals surface area contributed by atoms with E-state index in [0.29, 0.717) is 0 Å². The third-order valence-electron chi connectivity index (χ3n) is 3.46. The number of sulfonamides is 1. The second-order valence-electron chi connectivity index (χ2n) is 5.56. The lowest BCUT2D eigenvalue weighted by Gasteiger charge is -2.23. The highest BCUT2D eigenvalue weighted by atomic mass is 32.2. The van der Waals surface area contributed by atoms with Crippen molar-refractivity contribution >= 4 is 27.0 Å². The molecule has 2 aromatic rings. The van der Waals surface area contributed by atoms with Gasteiger partial charge in [0.1, 0.15) is 5.01 Å². The average Bonchev–Trinajstić information content (AvgIpc) is 3.08. The van der Waals surface area contributed by atoms with E-state index in [9.17, 15) is 8.42 Å². The Balaban J connectivity index is 1.91. The Morgan fingerprint density at radius 2 is 2.19 bits per heavy atom. The fraction of sp³-hybridized carbons (Fsp3) is 0.357. The molecule has 0 bridgehead atoms. The molecule has 3 rings (SSSR count). The largest absolute Gasteiger partial charge is 0.384 e. The first-order chi connectivity index (χ1) is 9.88. The van der Waals surface area contributed by atoms with Gasteiger partial charge >= 0.3 is 0 Å². The Bertz CT molecular complexity index is 753. The zero-order valence-electron chi connectivity index (χ0n) is 11.9. The van der Waals surface area contributed by atoms with Crippen LogP contribution in [0.25, 0.3) is 0 Å². The van der Waals surface area contributed by atoms with Crippen molar-refractivity contribution < 1.29 is 8.42 Å². The van der Waals surface area contributed by atoms with Crippen molar-refractivity contribution in [3.8, 4) is 0 Å². The second-order valence-corrected chi connectivity index (χ2v) is 8.14. The maximum absolute atomic E-state index is 12.6. The highest BCUT2D eigenvalue weighted by Gasteiger charge is 2.30. The molecule has 21 heavy (non-hydrogen) atoms. The van der Waals surface area contributed by atoms with E-state index in [2.05, 4.69) is 15.0 Å². The first-order valence-electron chi connectivity index (χ1n) is 6.69. The number of nitrogens with one attached hydrogen (secondary N) is 2. The van der Waals surface area contributed by atoms with Gasteiger partial charge < -0.3 is 5.32 Å². The predicted octanol–water partition coefficient (Wildman–Crippen LogP) is 2.32. The Hall–Kier alpha value is -1.44. The monoisotopic (exact) mass is 323 g/mol. The van der Waals surface area contributed by atoms with Crippen molar-refractivity contribution in [2.75, 3.05) is 11.9 Å².